The van der Waals surface area contributed by atoms with Gasteiger partial charge in [-0.1, -0.05) is 0 Å². The molecule has 3 aromatic rings. The first-order valence-electron chi connectivity index (χ1n) is 8.21. The minimum atomic E-state index is -0.575. The van der Waals surface area contributed by atoms with Gasteiger partial charge in [-0.15, -0.1) is 0 Å². The van der Waals surface area contributed by atoms with Crippen molar-refractivity contribution in [2.24, 2.45) is 0 Å². The molecule has 0 aliphatic rings. The molecule has 0 bridgehead atoms. The van der Waals surface area contributed by atoms with Crippen LogP contribution >= 0.6 is 11.3 Å². The summed E-state index contributed by atoms with van der Waals surface area (Å²) >= 11 is 1.58. The number of carbonyl (C=O) groups is 2. The van der Waals surface area contributed by atoms with Gasteiger partial charge in [-0.05, 0) is 42.3 Å². The van der Waals surface area contributed by atoms with Gasteiger partial charge in [-0.3, -0.25) is 4.79 Å². The Morgan fingerprint density at radius 3 is 2.85 bits per heavy atom. The molecule has 0 aliphatic heterocycles. The van der Waals surface area contributed by atoms with Crippen molar-refractivity contribution in [1.82, 2.24) is 19.7 Å². The summed E-state index contributed by atoms with van der Waals surface area (Å²) in [4.78, 5) is 30.2. The van der Waals surface area contributed by atoms with Crippen LogP contribution < -0.4 is 0 Å². The molecule has 0 aliphatic carbocycles. The molecule has 0 N–H and O–H groups in total. The highest BCUT2D eigenvalue weighted by Crippen LogP contribution is 2.17. The number of thiophene rings is 1. The number of hydrogen-bond donors (Lipinski definition) is 0. The molecule has 0 saturated carbocycles. The van der Waals surface area contributed by atoms with Crippen molar-refractivity contribution in [2.45, 2.75) is 26.4 Å². The second-order valence-corrected chi connectivity index (χ2v) is 7.06. The van der Waals surface area contributed by atoms with Crippen molar-refractivity contribution in [3.05, 3.63) is 46.4 Å². The first-order valence-corrected chi connectivity index (χ1v) is 9.15. The highest BCUT2D eigenvalue weighted by atomic mass is 32.1. The average molecular weight is 372 g/mol. The van der Waals surface area contributed by atoms with Crippen molar-refractivity contribution >= 4 is 34.2 Å². The van der Waals surface area contributed by atoms with Gasteiger partial charge < -0.3 is 9.64 Å². The van der Waals surface area contributed by atoms with Crippen LogP contribution in [0.1, 0.15) is 35.8 Å². The van der Waals surface area contributed by atoms with E-state index < -0.39 is 5.97 Å². The number of pyridine rings is 1. The van der Waals surface area contributed by atoms with E-state index in [1.807, 2.05) is 30.7 Å². The van der Waals surface area contributed by atoms with Crippen molar-refractivity contribution in [3.8, 4) is 0 Å². The van der Waals surface area contributed by atoms with Crippen molar-refractivity contribution < 1.29 is 14.3 Å². The Morgan fingerprint density at radius 1 is 1.35 bits per heavy atom. The van der Waals surface area contributed by atoms with E-state index in [9.17, 15) is 9.59 Å². The van der Waals surface area contributed by atoms with Gasteiger partial charge in [0.1, 0.15) is 0 Å². The summed E-state index contributed by atoms with van der Waals surface area (Å²) in [6.07, 6.45) is 3.11. The number of nitrogens with zero attached hydrogens (tertiary/aromatic N) is 4. The Balaban J connectivity index is 1.61. The maximum absolute atomic E-state index is 12.2. The summed E-state index contributed by atoms with van der Waals surface area (Å²) in [6.45, 7) is 4.20. The van der Waals surface area contributed by atoms with Crippen LogP contribution in [0.3, 0.4) is 0 Å². The number of likely N-dealkylation sites (N-methyl/N-ethyl adjacent to an activating group) is 1. The molecule has 3 rings (SSSR count). The van der Waals surface area contributed by atoms with E-state index in [0.717, 1.165) is 10.9 Å². The number of aromatic nitrogens is 3. The van der Waals surface area contributed by atoms with Crippen LogP contribution in [-0.2, 0) is 16.1 Å². The third-order valence-corrected chi connectivity index (χ3v) is 4.64. The number of ether oxygens (including phenoxy) is 1. The minimum absolute atomic E-state index is 0.175. The molecule has 0 unspecified atom stereocenters. The quantitative estimate of drug-likeness (QED) is 0.622. The molecule has 26 heavy (non-hydrogen) atoms. The lowest BCUT2D eigenvalue weighted by molar-refractivity contribution is -0.133. The maximum Gasteiger partial charge on any atom is 0.340 e. The van der Waals surface area contributed by atoms with Gasteiger partial charge >= 0.3 is 5.97 Å². The lowest BCUT2D eigenvalue weighted by Crippen LogP contribution is -2.30. The topological polar surface area (TPSA) is 77.3 Å². The van der Waals surface area contributed by atoms with Crippen molar-refractivity contribution in [1.29, 1.82) is 0 Å². The fraction of sp³-hybridized carbons (Fsp3) is 0.333. The lowest BCUT2D eigenvalue weighted by atomic mass is 10.2. The van der Waals surface area contributed by atoms with Crippen LogP contribution in [0.15, 0.2) is 35.3 Å². The molecular formula is C18H20N4O3S. The monoisotopic (exact) mass is 372 g/mol. The number of rotatable bonds is 6. The molecule has 0 radical (unpaired) electrons. The molecule has 0 fully saturated rings. The largest absolute Gasteiger partial charge is 0.452 e. The summed E-state index contributed by atoms with van der Waals surface area (Å²) in [6, 6.07) is 3.81. The first-order chi connectivity index (χ1) is 12.5. The van der Waals surface area contributed by atoms with Gasteiger partial charge in [-0.25, -0.2) is 14.5 Å². The predicted octanol–water partition coefficient (Wildman–Crippen LogP) is 2.89. The smallest absolute Gasteiger partial charge is 0.340 e. The summed E-state index contributed by atoms with van der Waals surface area (Å²) in [5, 5.41) is 8.97. The molecule has 7 nitrogen and oxygen atoms in total. The molecule has 8 heteroatoms. The molecule has 1 amide bonds. The SMILES string of the molecule is CC(C)n1ncc2cc(C(=O)OCC(=O)N(C)Cc3ccsc3)cnc21. The molecule has 0 aromatic carbocycles. The number of fused-ring (bicyclic) bond motifs is 1. The zero-order valence-corrected chi connectivity index (χ0v) is 15.7. The van der Waals surface area contributed by atoms with Gasteiger partial charge in [0.05, 0.1) is 11.8 Å². The van der Waals surface area contributed by atoms with Crippen LogP contribution in [0.25, 0.3) is 11.0 Å². The van der Waals surface area contributed by atoms with Gasteiger partial charge in [-0.2, -0.15) is 16.4 Å². The number of carbonyl (C=O) groups excluding carboxylic acids is 2. The van der Waals surface area contributed by atoms with Crippen LogP contribution in [-0.4, -0.2) is 45.2 Å². The highest BCUT2D eigenvalue weighted by Gasteiger charge is 2.16. The Bertz CT molecular complexity index is 918. The molecular weight excluding hydrogens is 352 g/mol. The average Bonchev–Trinajstić information content (AvgIpc) is 3.27. The Hall–Kier alpha value is -2.74. The van der Waals surface area contributed by atoms with Crippen LogP contribution in [0.4, 0.5) is 0 Å². The van der Waals surface area contributed by atoms with E-state index in [1.165, 1.54) is 11.1 Å². The minimum Gasteiger partial charge on any atom is -0.452 e. The molecule has 3 heterocycles. The molecule has 3 aromatic heterocycles. The van der Waals surface area contributed by atoms with Crippen LogP contribution in [0.2, 0.25) is 0 Å². The van der Waals surface area contributed by atoms with Crippen molar-refractivity contribution in [2.75, 3.05) is 13.7 Å². The van der Waals surface area contributed by atoms with Crippen molar-refractivity contribution in [3.63, 3.8) is 0 Å². The van der Waals surface area contributed by atoms with E-state index >= 15 is 0 Å². The summed E-state index contributed by atoms with van der Waals surface area (Å²) in [5.41, 5.74) is 2.06. The van der Waals surface area contributed by atoms with E-state index in [1.54, 1.807) is 35.3 Å². The Kier molecular flexibility index (Phi) is 5.32. The second-order valence-electron chi connectivity index (χ2n) is 6.28. The predicted molar refractivity (Wildman–Crippen MR) is 99.0 cm³/mol. The van der Waals surface area contributed by atoms with E-state index in [0.29, 0.717) is 17.8 Å². The van der Waals surface area contributed by atoms with Gasteiger partial charge in [0.15, 0.2) is 12.3 Å². The fourth-order valence-electron chi connectivity index (χ4n) is 2.50. The summed E-state index contributed by atoms with van der Waals surface area (Å²) in [7, 11) is 1.68. The first kappa shape index (κ1) is 18.1. The lowest BCUT2D eigenvalue weighted by Gasteiger charge is -2.16. The van der Waals surface area contributed by atoms with Gasteiger partial charge in [0, 0.05) is 31.2 Å². The maximum atomic E-state index is 12.2. The number of esters is 1. The standard InChI is InChI=1S/C18H20N4O3S/c1-12(2)22-17-14(8-20-22)6-15(7-19-17)18(24)25-10-16(23)21(3)9-13-4-5-26-11-13/h4-8,11-12H,9-10H2,1-3H3. The normalized spacial score (nSPS) is 11.1. The Morgan fingerprint density at radius 2 is 2.15 bits per heavy atom. The molecule has 0 atom stereocenters. The third-order valence-electron chi connectivity index (χ3n) is 3.91. The summed E-state index contributed by atoms with van der Waals surface area (Å²) < 4.78 is 6.92. The zero-order valence-electron chi connectivity index (χ0n) is 14.9. The van der Waals surface area contributed by atoms with Crippen LogP contribution in [0.5, 0.6) is 0 Å². The molecule has 0 saturated heterocycles. The Labute approximate surface area is 155 Å². The number of hydrogen-bond acceptors (Lipinski definition) is 6. The third kappa shape index (κ3) is 3.91. The van der Waals surface area contributed by atoms with E-state index in [2.05, 4.69) is 10.1 Å². The highest BCUT2D eigenvalue weighted by molar-refractivity contribution is 7.07. The van der Waals surface area contributed by atoms with E-state index in [-0.39, 0.29) is 18.6 Å². The fourth-order valence-corrected chi connectivity index (χ4v) is 3.15. The van der Waals surface area contributed by atoms with Gasteiger partial charge in [0.25, 0.3) is 5.91 Å². The van der Waals surface area contributed by atoms with Crippen LogP contribution in [0, 0.1) is 0 Å². The van der Waals surface area contributed by atoms with Gasteiger partial charge in [0.2, 0.25) is 0 Å². The molecule has 0 spiro atoms. The summed E-state index contributed by atoms with van der Waals surface area (Å²) in [5.74, 6) is -0.833. The number of amides is 1. The second kappa shape index (κ2) is 7.65. The zero-order chi connectivity index (χ0) is 18.7. The van der Waals surface area contributed by atoms with E-state index in [4.69, 9.17) is 4.74 Å². The molecule has 136 valence electrons.